The molecule has 35 heavy (non-hydrogen) atoms. The van der Waals surface area contributed by atoms with Crippen LogP contribution in [0.3, 0.4) is 0 Å². The number of carbonyl (C=O) groups excluding carboxylic acids is 1. The van der Waals surface area contributed by atoms with Crippen LogP contribution in [-0.4, -0.2) is 79.6 Å². The van der Waals surface area contributed by atoms with E-state index < -0.39 is 0 Å². The summed E-state index contributed by atoms with van der Waals surface area (Å²) in [5, 5.41) is 0.672. The SMILES string of the molecule is CCC[C@H]1N=C(c2ccc(OC)cc2OCC)N(C(=O)N2CCN(C)CC2)[C@H]1c1ccc(Cl)cc1. The van der Waals surface area contributed by atoms with Crippen LogP contribution in [0.15, 0.2) is 47.5 Å². The van der Waals surface area contributed by atoms with Gasteiger partial charge in [0.1, 0.15) is 17.3 Å². The van der Waals surface area contributed by atoms with Gasteiger partial charge in [-0.2, -0.15) is 0 Å². The number of amidine groups is 1. The monoisotopic (exact) mass is 498 g/mol. The number of benzene rings is 2. The summed E-state index contributed by atoms with van der Waals surface area (Å²) in [6, 6.07) is 13.2. The maximum Gasteiger partial charge on any atom is 0.326 e. The Balaban J connectivity index is 1.82. The second-order valence-electron chi connectivity index (χ2n) is 9.04. The highest BCUT2D eigenvalue weighted by molar-refractivity contribution is 6.30. The lowest BCUT2D eigenvalue weighted by Crippen LogP contribution is -2.53. The molecule has 2 amide bonds. The van der Waals surface area contributed by atoms with Crippen molar-refractivity contribution < 1.29 is 14.3 Å². The minimum Gasteiger partial charge on any atom is -0.497 e. The maximum atomic E-state index is 14.1. The fraction of sp³-hybridized carbons (Fsp3) is 0.481. The number of methoxy groups -OCH3 is 1. The zero-order valence-electron chi connectivity index (χ0n) is 21.0. The van der Waals surface area contributed by atoms with Gasteiger partial charge in [-0.25, -0.2) is 4.79 Å². The molecule has 4 rings (SSSR count). The first-order valence-corrected chi connectivity index (χ1v) is 12.8. The van der Waals surface area contributed by atoms with E-state index in [1.165, 1.54) is 0 Å². The molecule has 8 heteroatoms. The first kappa shape index (κ1) is 25.3. The molecule has 0 aliphatic carbocycles. The van der Waals surface area contributed by atoms with Crippen LogP contribution in [-0.2, 0) is 0 Å². The smallest absolute Gasteiger partial charge is 0.326 e. The van der Waals surface area contributed by atoms with E-state index in [-0.39, 0.29) is 18.1 Å². The second kappa shape index (κ2) is 11.3. The minimum atomic E-state index is -0.217. The predicted octanol–water partition coefficient (Wildman–Crippen LogP) is 5.09. The molecule has 2 aliphatic heterocycles. The van der Waals surface area contributed by atoms with Gasteiger partial charge in [0, 0.05) is 37.3 Å². The molecular weight excluding hydrogens is 464 g/mol. The molecule has 0 bridgehead atoms. The fourth-order valence-corrected chi connectivity index (χ4v) is 4.92. The van der Waals surface area contributed by atoms with E-state index >= 15 is 0 Å². The molecule has 2 aliphatic rings. The van der Waals surface area contributed by atoms with Crippen LogP contribution in [0.5, 0.6) is 11.5 Å². The van der Waals surface area contributed by atoms with Gasteiger partial charge in [0.25, 0.3) is 0 Å². The normalized spacial score (nSPS) is 20.7. The zero-order valence-corrected chi connectivity index (χ0v) is 21.8. The summed E-state index contributed by atoms with van der Waals surface area (Å²) in [6.45, 7) is 7.67. The molecule has 0 N–H and O–H groups in total. The van der Waals surface area contributed by atoms with E-state index in [2.05, 4.69) is 18.9 Å². The first-order valence-electron chi connectivity index (χ1n) is 12.4. The summed E-state index contributed by atoms with van der Waals surface area (Å²) in [6.07, 6.45) is 1.83. The fourth-order valence-electron chi connectivity index (χ4n) is 4.79. The maximum absolute atomic E-state index is 14.1. The number of hydrogen-bond acceptors (Lipinski definition) is 5. The van der Waals surface area contributed by atoms with Crippen LogP contribution in [0, 0.1) is 0 Å². The third kappa shape index (κ3) is 5.41. The molecule has 1 saturated heterocycles. The van der Waals surface area contributed by atoms with Crippen molar-refractivity contribution in [2.24, 2.45) is 4.99 Å². The van der Waals surface area contributed by atoms with Gasteiger partial charge >= 0.3 is 6.03 Å². The highest BCUT2D eigenvalue weighted by Crippen LogP contribution is 2.40. The third-order valence-electron chi connectivity index (χ3n) is 6.66. The highest BCUT2D eigenvalue weighted by atomic mass is 35.5. The van der Waals surface area contributed by atoms with Gasteiger partial charge < -0.3 is 19.3 Å². The summed E-state index contributed by atoms with van der Waals surface area (Å²) >= 11 is 6.21. The topological polar surface area (TPSA) is 57.6 Å². The molecule has 0 unspecified atom stereocenters. The van der Waals surface area contributed by atoms with E-state index in [9.17, 15) is 4.79 Å². The molecule has 2 atom stereocenters. The highest BCUT2D eigenvalue weighted by Gasteiger charge is 2.43. The van der Waals surface area contributed by atoms with Gasteiger partial charge in [-0.15, -0.1) is 0 Å². The summed E-state index contributed by atoms with van der Waals surface area (Å²) in [5.41, 5.74) is 1.83. The van der Waals surface area contributed by atoms with Crippen LogP contribution in [0.1, 0.15) is 43.9 Å². The predicted molar refractivity (Wildman–Crippen MR) is 140 cm³/mol. The molecule has 0 spiro atoms. The molecule has 2 aromatic carbocycles. The van der Waals surface area contributed by atoms with Crippen LogP contribution in [0.25, 0.3) is 0 Å². The van der Waals surface area contributed by atoms with Crippen molar-refractivity contribution in [3.63, 3.8) is 0 Å². The molecule has 2 heterocycles. The largest absolute Gasteiger partial charge is 0.497 e. The van der Waals surface area contributed by atoms with E-state index in [4.69, 9.17) is 26.1 Å². The Morgan fingerprint density at radius 1 is 1.09 bits per heavy atom. The molecule has 0 saturated carbocycles. The Morgan fingerprint density at radius 2 is 1.80 bits per heavy atom. The van der Waals surface area contributed by atoms with Gasteiger partial charge in [0.05, 0.1) is 31.4 Å². The first-order chi connectivity index (χ1) is 17.0. The molecule has 2 aromatic rings. The average molecular weight is 499 g/mol. The second-order valence-corrected chi connectivity index (χ2v) is 9.48. The van der Waals surface area contributed by atoms with Crippen molar-refractivity contribution in [2.45, 2.75) is 38.8 Å². The lowest BCUT2D eigenvalue weighted by atomic mass is 9.96. The van der Waals surface area contributed by atoms with Crippen molar-refractivity contribution in [1.29, 1.82) is 0 Å². The van der Waals surface area contributed by atoms with Crippen molar-refractivity contribution in [2.75, 3.05) is 46.9 Å². The number of amides is 2. The van der Waals surface area contributed by atoms with Gasteiger partial charge in [0.15, 0.2) is 0 Å². The number of aliphatic imine (C=N–C) groups is 1. The number of rotatable bonds is 7. The summed E-state index contributed by atoms with van der Waals surface area (Å²) in [4.78, 5) is 25.4. The average Bonchev–Trinajstić information content (AvgIpc) is 3.23. The van der Waals surface area contributed by atoms with Crippen molar-refractivity contribution in [3.8, 4) is 11.5 Å². The quantitative estimate of drug-likeness (QED) is 0.533. The molecule has 7 nitrogen and oxygen atoms in total. The van der Waals surface area contributed by atoms with Gasteiger partial charge in [-0.05, 0) is 50.2 Å². The van der Waals surface area contributed by atoms with Gasteiger partial charge in [0.2, 0.25) is 0 Å². The summed E-state index contributed by atoms with van der Waals surface area (Å²) in [5.74, 6) is 2.01. The lowest BCUT2D eigenvalue weighted by Gasteiger charge is -2.38. The molecule has 1 fully saturated rings. The van der Waals surface area contributed by atoms with Crippen molar-refractivity contribution in [3.05, 3.63) is 58.6 Å². The number of hydrogen-bond donors (Lipinski definition) is 0. The van der Waals surface area contributed by atoms with Gasteiger partial charge in [-0.1, -0.05) is 37.1 Å². The Labute approximate surface area is 213 Å². The molecular formula is C27H35ClN4O3. The minimum absolute atomic E-state index is 0.0198. The van der Waals surface area contributed by atoms with Crippen molar-refractivity contribution >= 4 is 23.5 Å². The zero-order chi connectivity index (χ0) is 24.9. The van der Waals surface area contributed by atoms with Crippen LogP contribution in [0.4, 0.5) is 4.79 Å². The van der Waals surface area contributed by atoms with E-state index in [1.807, 2.05) is 59.2 Å². The standard InChI is InChI=1S/C27H35ClN4O3/c1-5-7-23-25(19-8-10-20(28)11-9-19)32(27(33)31-16-14-30(3)15-17-31)26(29-23)22-13-12-21(34-4)18-24(22)35-6-2/h8-13,18,23,25H,5-7,14-17H2,1-4H3/t23-,25+/m1/s1. The van der Waals surface area contributed by atoms with Crippen LogP contribution >= 0.6 is 11.6 Å². The number of piperazine rings is 1. The Morgan fingerprint density at radius 3 is 2.43 bits per heavy atom. The summed E-state index contributed by atoms with van der Waals surface area (Å²) < 4.78 is 11.4. The van der Waals surface area contributed by atoms with E-state index in [1.54, 1.807) is 7.11 Å². The van der Waals surface area contributed by atoms with Gasteiger partial charge in [-0.3, -0.25) is 9.89 Å². The lowest BCUT2D eigenvalue weighted by molar-refractivity contribution is 0.130. The van der Waals surface area contributed by atoms with Crippen LogP contribution < -0.4 is 9.47 Å². The third-order valence-corrected chi connectivity index (χ3v) is 6.92. The summed E-state index contributed by atoms with van der Waals surface area (Å²) in [7, 11) is 3.72. The van der Waals surface area contributed by atoms with Crippen LogP contribution in [0.2, 0.25) is 5.02 Å². The molecule has 0 radical (unpaired) electrons. The Hall–Kier alpha value is -2.77. The number of likely N-dealkylation sites (N-methyl/N-ethyl adjacent to an activating group) is 1. The Bertz CT molecular complexity index is 1050. The van der Waals surface area contributed by atoms with Crippen molar-refractivity contribution in [1.82, 2.24) is 14.7 Å². The molecule has 0 aromatic heterocycles. The van der Waals surface area contributed by atoms with E-state index in [0.717, 1.165) is 37.1 Å². The number of ether oxygens (including phenoxy) is 2. The number of nitrogens with zero attached hydrogens (tertiary/aromatic N) is 4. The number of halogens is 1. The van der Waals surface area contributed by atoms with E-state index in [0.29, 0.717) is 42.1 Å². The number of urea groups is 1. The Kier molecular flexibility index (Phi) is 8.19. The number of carbonyl (C=O) groups is 1. The molecule has 188 valence electrons.